The van der Waals surface area contributed by atoms with Crippen LogP contribution in [0, 0.1) is 0 Å². The summed E-state index contributed by atoms with van der Waals surface area (Å²) in [4.78, 5) is 18.3. The van der Waals surface area contributed by atoms with E-state index in [1.165, 1.54) is 32.0 Å². The van der Waals surface area contributed by atoms with Gasteiger partial charge in [0, 0.05) is 26.1 Å². The van der Waals surface area contributed by atoms with E-state index in [-0.39, 0.29) is 0 Å². The third-order valence-electron chi connectivity index (χ3n) is 4.39. The van der Waals surface area contributed by atoms with E-state index < -0.39 is 5.91 Å². The topological polar surface area (TPSA) is 70.4 Å². The third kappa shape index (κ3) is 3.60. The van der Waals surface area contributed by atoms with E-state index in [0.717, 1.165) is 35.4 Å². The Labute approximate surface area is 135 Å². The lowest BCUT2D eigenvalue weighted by atomic mass is 10.2. The van der Waals surface area contributed by atoms with Crippen molar-refractivity contribution in [1.29, 1.82) is 0 Å². The number of hydrogen-bond acceptors (Lipinski definition) is 4. The molecule has 0 saturated carbocycles. The molecule has 0 aliphatic carbocycles. The smallest absolute Gasteiger partial charge is 0.267 e. The molecule has 0 unspecified atom stereocenters. The van der Waals surface area contributed by atoms with Crippen molar-refractivity contribution in [2.24, 2.45) is 7.05 Å². The molecule has 2 aromatic rings. The summed E-state index contributed by atoms with van der Waals surface area (Å²) in [6.07, 6.45) is 6.50. The predicted octanol–water partition coefficient (Wildman–Crippen LogP) is 1.73. The maximum absolute atomic E-state index is 11.0. The van der Waals surface area contributed by atoms with Crippen molar-refractivity contribution >= 4 is 23.0 Å². The van der Waals surface area contributed by atoms with Gasteiger partial charge in [0.15, 0.2) is 0 Å². The van der Waals surface area contributed by atoms with Crippen LogP contribution in [0.25, 0.3) is 17.1 Å². The van der Waals surface area contributed by atoms with Gasteiger partial charge in [-0.1, -0.05) is 6.07 Å². The molecule has 1 fully saturated rings. The molecule has 3 rings (SSSR count). The summed E-state index contributed by atoms with van der Waals surface area (Å²) in [5, 5.41) is 8.50. The molecule has 2 N–H and O–H groups in total. The summed E-state index contributed by atoms with van der Waals surface area (Å²) < 4.78 is 2.14. The molecule has 0 bridgehead atoms. The Hall–Kier alpha value is -2.18. The first-order valence-electron chi connectivity index (χ1n) is 7.97. The maximum Gasteiger partial charge on any atom is 0.267 e. The number of aryl methyl sites for hydroxylation is 1. The zero-order chi connectivity index (χ0) is 16.2. The monoisotopic (exact) mass is 314 g/mol. The van der Waals surface area contributed by atoms with Gasteiger partial charge in [-0.15, -0.1) is 0 Å². The van der Waals surface area contributed by atoms with Crippen molar-refractivity contribution in [3.8, 4) is 0 Å². The number of fused-ring (bicyclic) bond motifs is 1. The van der Waals surface area contributed by atoms with Gasteiger partial charge in [-0.25, -0.2) is 10.5 Å². The number of carbonyl (C=O) groups is 1. The SMILES string of the molecule is Cn1c(CCN2CCCC2)nc2cc(C=CC(=O)NO)ccc21. The third-order valence-corrected chi connectivity index (χ3v) is 4.39. The van der Waals surface area contributed by atoms with Crippen LogP contribution in [0.4, 0.5) is 0 Å². The Kier molecular flexibility index (Phi) is 4.73. The van der Waals surface area contributed by atoms with E-state index in [1.807, 2.05) is 25.2 Å². The molecular weight excluding hydrogens is 292 g/mol. The number of likely N-dealkylation sites (tertiary alicyclic amines) is 1. The minimum atomic E-state index is -0.544. The summed E-state index contributed by atoms with van der Waals surface area (Å²) in [5.41, 5.74) is 4.47. The fourth-order valence-corrected chi connectivity index (χ4v) is 3.07. The van der Waals surface area contributed by atoms with Gasteiger partial charge in [0.2, 0.25) is 0 Å². The van der Waals surface area contributed by atoms with Crippen molar-refractivity contribution < 1.29 is 10.0 Å². The van der Waals surface area contributed by atoms with Gasteiger partial charge in [-0.05, 0) is 49.7 Å². The summed E-state index contributed by atoms with van der Waals surface area (Å²) in [6.45, 7) is 3.46. The van der Waals surface area contributed by atoms with E-state index in [1.54, 1.807) is 11.6 Å². The van der Waals surface area contributed by atoms with E-state index in [9.17, 15) is 4.79 Å². The van der Waals surface area contributed by atoms with Crippen LogP contribution < -0.4 is 5.48 Å². The van der Waals surface area contributed by atoms with Crippen molar-refractivity contribution in [2.75, 3.05) is 19.6 Å². The summed E-state index contributed by atoms with van der Waals surface area (Å²) in [5.74, 6) is 0.540. The summed E-state index contributed by atoms with van der Waals surface area (Å²) in [6, 6.07) is 5.91. The van der Waals surface area contributed by atoms with Crippen molar-refractivity contribution in [2.45, 2.75) is 19.3 Å². The van der Waals surface area contributed by atoms with Gasteiger partial charge in [0.1, 0.15) is 5.82 Å². The molecule has 0 radical (unpaired) electrons. The van der Waals surface area contributed by atoms with Gasteiger partial charge in [-0.3, -0.25) is 10.0 Å². The van der Waals surface area contributed by atoms with Crippen LogP contribution in [0.2, 0.25) is 0 Å². The molecule has 6 heteroatoms. The summed E-state index contributed by atoms with van der Waals surface area (Å²) >= 11 is 0. The number of imidazole rings is 1. The second kappa shape index (κ2) is 6.93. The number of rotatable bonds is 5. The minimum absolute atomic E-state index is 0.544. The number of benzene rings is 1. The van der Waals surface area contributed by atoms with E-state index in [4.69, 9.17) is 10.2 Å². The lowest BCUT2D eigenvalue weighted by molar-refractivity contribution is -0.124. The molecule has 1 amide bonds. The quantitative estimate of drug-likeness (QED) is 0.501. The molecule has 2 heterocycles. The Morgan fingerprint density at radius 3 is 2.91 bits per heavy atom. The Bertz CT molecular complexity index is 730. The molecule has 1 aromatic heterocycles. The predicted molar refractivity (Wildman–Crippen MR) is 89.1 cm³/mol. The average Bonchev–Trinajstić information content (AvgIpc) is 3.19. The molecule has 0 spiro atoms. The van der Waals surface area contributed by atoms with Crippen molar-refractivity contribution in [1.82, 2.24) is 19.9 Å². The molecule has 0 atom stereocenters. The van der Waals surface area contributed by atoms with Crippen LogP contribution in [0.1, 0.15) is 24.2 Å². The van der Waals surface area contributed by atoms with E-state index in [0.29, 0.717) is 0 Å². The first kappa shape index (κ1) is 15.7. The molecule has 1 aliphatic heterocycles. The number of hydrogen-bond donors (Lipinski definition) is 2. The normalized spacial score (nSPS) is 15.7. The molecule has 1 saturated heterocycles. The Morgan fingerprint density at radius 1 is 1.39 bits per heavy atom. The van der Waals surface area contributed by atoms with Crippen LogP contribution in [0.15, 0.2) is 24.3 Å². The zero-order valence-electron chi connectivity index (χ0n) is 13.3. The first-order chi connectivity index (χ1) is 11.2. The Morgan fingerprint density at radius 2 is 2.17 bits per heavy atom. The highest BCUT2D eigenvalue weighted by molar-refractivity contribution is 5.91. The average molecular weight is 314 g/mol. The van der Waals surface area contributed by atoms with Crippen LogP contribution >= 0.6 is 0 Å². The zero-order valence-corrected chi connectivity index (χ0v) is 13.3. The highest BCUT2D eigenvalue weighted by atomic mass is 16.5. The molecule has 1 aromatic carbocycles. The van der Waals surface area contributed by atoms with E-state index in [2.05, 4.69) is 9.47 Å². The lowest BCUT2D eigenvalue weighted by Gasteiger charge is -2.13. The van der Waals surface area contributed by atoms with Crippen molar-refractivity contribution in [3.05, 3.63) is 35.7 Å². The van der Waals surface area contributed by atoms with Gasteiger partial charge < -0.3 is 9.47 Å². The van der Waals surface area contributed by atoms with Crippen LogP contribution in [0.3, 0.4) is 0 Å². The molecular formula is C17H22N4O2. The summed E-state index contributed by atoms with van der Waals surface area (Å²) in [7, 11) is 2.05. The Balaban J connectivity index is 1.77. The van der Waals surface area contributed by atoms with Gasteiger partial charge >= 0.3 is 0 Å². The van der Waals surface area contributed by atoms with Crippen LogP contribution in [-0.4, -0.2) is 45.2 Å². The highest BCUT2D eigenvalue weighted by Crippen LogP contribution is 2.18. The van der Waals surface area contributed by atoms with Gasteiger partial charge in [0.05, 0.1) is 11.0 Å². The van der Waals surface area contributed by atoms with Gasteiger partial charge in [-0.2, -0.15) is 0 Å². The molecule has 23 heavy (non-hydrogen) atoms. The molecule has 6 nitrogen and oxygen atoms in total. The van der Waals surface area contributed by atoms with E-state index >= 15 is 0 Å². The second-order valence-electron chi connectivity index (χ2n) is 5.94. The lowest BCUT2D eigenvalue weighted by Crippen LogP contribution is -2.22. The second-order valence-corrected chi connectivity index (χ2v) is 5.94. The minimum Gasteiger partial charge on any atom is -0.331 e. The number of nitrogens with zero attached hydrogens (tertiary/aromatic N) is 3. The van der Waals surface area contributed by atoms with Crippen LogP contribution in [-0.2, 0) is 18.3 Å². The first-order valence-corrected chi connectivity index (χ1v) is 7.97. The van der Waals surface area contributed by atoms with Crippen molar-refractivity contribution in [3.63, 3.8) is 0 Å². The number of carbonyl (C=O) groups excluding carboxylic acids is 1. The van der Waals surface area contributed by atoms with Crippen LogP contribution in [0.5, 0.6) is 0 Å². The van der Waals surface area contributed by atoms with Gasteiger partial charge in [0.25, 0.3) is 5.91 Å². The number of hydroxylamine groups is 1. The standard InChI is InChI=1S/C17H22N4O2/c1-20-15-6-4-13(5-7-17(22)19-23)12-14(15)18-16(20)8-11-21-9-2-3-10-21/h4-7,12,23H,2-3,8-11H2,1H3,(H,19,22). The maximum atomic E-state index is 11.0. The largest absolute Gasteiger partial charge is 0.331 e. The number of amides is 1. The molecule has 1 aliphatic rings. The highest BCUT2D eigenvalue weighted by Gasteiger charge is 2.13. The fourth-order valence-electron chi connectivity index (χ4n) is 3.07. The molecule has 122 valence electrons. The number of nitrogens with one attached hydrogen (secondary N) is 1. The number of aromatic nitrogens is 2. The fraction of sp³-hybridized carbons (Fsp3) is 0.412.